The molecule has 0 bridgehead atoms. The molecule has 10 rings (SSSR count). The van der Waals surface area contributed by atoms with Crippen molar-refractivity contribution in [3.05, 3.63) is 190 Å². The van der Waals surface area contributed by atoms with Gasteiger partial charge >= 0.3 is 17.9 Å². The zero-order valence-corrected chi connectivity index (χ0v) is 53.6. The molecule has 0 radical (unpaired) electrons. The van der Waals surface area contributed by atoms with Gasteiger partial charge in [0.1, 0.15) is 23.5 Å². The summed E-state index contributed by atoms with van der Waals surface area (Å²) >= 11 is 11.3. The molecule has 472 valence electrons. The Hall–Kier alpha value is -8.57. The lowest BCUT2D eigenvalue weighted by Crippen LogP contribution is -2.29. The number of carboxylic acid groups (broad SMARTS) is 1. The van der Waals surface area contributed by atoms with Gasteiger partial charge in [0.15, 0.2) is 33.5 Å². The number of aryl methyl sites for hydroxylation is 4. The molecule has 0 fully saturated rings. The number of carbonyl (C=O) groups is 4. The number of fused-ring (bicyclic) bond motifs is 1. The van der Waals surface area contributed by atoms with Crippen molar-refractivity contribution in [1.82, 2.24) is 19.1 Å². The van der Waals surface area contributed by atoms with Gasteiger partial charge in [0, 0.05) is 53.2 Å². The first-order valence-electron chi connectivity index (χ1n) is 28.7. The highest BCUT2D eigenvalue weighted by atomic mass is 35.5. The number of benzene rings is 5. The third-order valence-electron chi connectivity index (χ3n) is 14.5. The fourth-order valence-corrected chi connectivity index (χ4v) is 11.4. The van der Waals surface area contributed by atoms with Crippen molar-refractivity contribution in [1.29, 1.82) is 0 Å². The van der Waals surface area contributed by atoms with Crippen molar-refractivity contribution in [3.63, 3.8) is 0 Å². The van der Waals surface area contributed by atoms with E-state index in [1.807, 2.05) is 81.4 Å². The maximum atomic E-state index is 13.5. The van der Waals surface area contributed by atoms with Crippen LogP contribution in [0.2, 0.25) is 10.0 Å². The highest BCUT2D eigenvalue weighted by molar-refractivity contribution is 7.90. The summed E-state index contributed by atoms with van der Waals surface area (Å²) in [6.07, 6.45) is 4.84. The first-order chi connectivity index (χ1) is 42.3. The Kier molecular flexibility index (Phi) is 22.6. The SMILES string of the molecule is CCOC(=O)C1=NOC(c2ccccc2)(c2ccccc2)C1.CCc1cc(C)cc(CC)c1-c1c(OC(=O)C(C)(C)C)n2n(c1=O)CCOCC2.Cc1c(C(=O)c2c[nH]n(C)c2=O)ccc(S(C)(=O)=O)c1C1=NOCC1.O=C(O)COc1ccc(Cl)cc1Cl. The summed E-state index contributed by atoms with van der Waals surface area (Å²) in [4.78, 5) is 84.1. The summed E-state index contributed by atoms with van der Waals surface area (Å²) in [6, 6.07) is 31.3. The van der Waals surface area contributed by atoms with Crippen LogP contribution in [-0.2, 0) is 81.9 Å². The summed E-state index contributed by atoms with van der Waals surface area (Å²) in [5.41, 5.74) is 6.57. The monoisotopic (exact) mass is 1280 g/mol. The Balaban J connectivity index is 0.000000174. The number of nitrogens with zero attached hydrogens (tertiary/aromatic N) is 5. The number of sulfone groups is 1. The standard InChI is InChI=1S/C23H32N2O4.C18H17NO3.C16H17N3O5S.C8H6Cl2O3/c1-7-16-13-15(3)14-17(8-2)18(16)19-20(26)24-9-11-28-12-10-25(24)21(19)29-22(27)23(4,5)6;1-2-21-17(20)16-13-18(22-19-16,14-9-5-3-6-10-14)15-11-7-4-8-12-15;1-9-10(15(20)11-8-17-19(2)16(11)21)4-5-13(25(3,22)23)14(9)12-6-7-24-18-12;9-5-1-2-7(6(10)3-5)13-4-8(11)12/h13-14H,7-12H2,1-6H3;3-12H,2,13H2,1H3;4-5,8,17H,6-7H2,1-3H3;1-3H,4H2,(H,11,12). The Morgan fingerprint density at radius 3 is 1.91 bits per heavy atom. The third kappa shape index (κ3) is 16.0. The van der Waals surface area contributed by atoms with Crippen LogP contribution in [-0.4, -0.2) is 107 Å². The number of oxime groups is 2. The first kappa shape index (κ1) is 67.9. The van der Waals surface area contributed by atoms with Crippen molar-refractivity contribution in [2.24, 2.45) is 22.8 Å². The summed E-state index contributed by atoms with van der Waals surface area (Å²) in [5.74, 6) is -1.64. The molecular weight excluding hydrogens is 1210 g/mol. The molecule has 89 heavy (non-hydrogen) atoms. The van der Waals surface area contributed by atoms with Crippen LogP contribution in [0.25, 0.3) is 11.1 Å². The molecule has 5 heterocycles. The normalized spacial score (nSPS) is 14.0. The van der Waals surface area contributed by atoms with Gasteiger partial charge in [-0.05, 0) is 107 Å². The van der Waals surface area contributed by atoms with Gasteiger partial charge in [-0.1, -0.05) is 126 Å². The molecule has 7 aromatic rings. The van der Waals surface area contributed by atoms with E-state index < -0.39 is 50.7 Å². The quantitative estimate of drug-likeness (QED) is 0.0714. The fourth-order valence-electron chi connectivity index (χ4n) is 10.0. The largest absolute Gasteiger partial charge is 0.480 e. The number of aromatic nitrogens is 4. The van der Waals surface area contributed by atoms with E-state index in [4.69, 9.17) is 56.9 Å². The van der Waals surface area contributed by atoms with Crippen molar-refractivity contribution in [2.45, 2.75) is 105 Å². The number of aromatic amines is 1. The number of rotatable bonds is 15. The molecule has 2 aromatic heterocycles. The summed E-state index contributed by atoms with van der Waals surface area (Å²) in [6.45, 7) is 17.2. The molecule has 3 aliphatic rings. The number of nitrogens with one attached hydrogen (secondary N) is 1. The Morgan fingerprint density at radius 2 is 1.39 bits per heavy atom. The van der Waals surface area contributed by atoms with Gasteiger partial charge in [-0.3, -0.25) is 23.9 Å². The summed E-state index contributed by atoms with van der Waals surface area (Å²) in [7, 11) is -2.02. The zero-order chi connectivity index (χ0) is 65.0. The number of ketones is 1. The second kappa shape index (κ2) is 29.6. The zero-order valence-electron chi connectivity index (χ0n) is 51.2. The van der Waals surface area contributed by atoms with Crippen molar-refractivity contribution >= 4 is 68.2 Å². The molecule has 0 unspecified atom stereocenters. The smallest absolute Gasteiger partial charge is 0.356 e. The minimum atomic E-state index is -3.52. The summed E-state index contributed by atoms with van der Waals surface area (Å²) in [5, 5.41) is 19.7. The van der Waals surface area contributed by atoms with E-state index in [-0.39, 0.29) is 27.6 Å². The first-order valence-corrected chi connectivity index (χ1v) is 31.3. The molecule has 0 spiro atoms. The minimum absolute atomic E-state index is 0.00623. The maximum Gasteiger partial charge on any atom is 0.356 e. The third-order valence-corrected chi connectivity index (χ3v) is 16.1. The highest BCUT2D eigenvalue weighted by Crippen LogP contribution is 2.42. The van der Waals surface area contributed by atoms with Gasteiger partial charge in [-0.25, -0.2) is 27.4 Å². The van der Waals surface area contributed by atoms with Crippen molar-refractivity contribution < 1.29 is 61.3 Å². The molecular formula is C65H72Cl2N6O15S. The van der Waals surface area contributed by atoms with Crippen LogP contribution in [0.5, 0.6) is 11.6 Å². The van der Waals surface area contributed by atoms with Gasteiger partial charge < -0.3 is 38.8 Å². The number of hydrogen-bond acceptors (Lipinski definition) is 16. The van der Waals surface area contributed by atoms with E-state index in [1.54, 1.807) is 29.3 Å². The molecule has 5 aromatic carbocycles. The van der Waals surface area contributed by atoms with Crippen LogP contribution in [0.15, 0.2) is 134 Å². The number of H-pyrrole nitrogens is 1. The Bertz CT molecular complexity index is 3990. The average Bonchev–Trinajstić information content (AvgIpc) is 1.78. The molecule has 0 saturated heterocycles. The van der Waals surface area contributed by atoms with Crippen LogP contribution in [0.4, 0.5) is 0 Å². The van der Waals surface area contributed by atoms with Crippen molar-refractivity contribution in [3.8, 4) is 22.8 Å². The predicted octanol–water partition coefficient (Wildman–Crippen LogP) is 10.2. The number of carboxylic acids is 1. The van der Waals surface area contributed by atoms with Gasteiger partial charge in [0.05, 0.1) is 60.4 Å². The van der Waals surface area contributed by atoms with Gasteiger partial charge in [0.2, 0.25) is 5.88 Å². The molecule has 24 heteroatoms. The van der Waals surface area contributed by atoms with Crippen LogP contribution in [0.1, 0.15) is 109 Å². The molecule has 0 amide bonds. The lowest BCUT2D eigenvalue weighted by molar-refractivity contribution is -0.143. The lowest BCUT2D eigenvalue weighted by Gasteiger charge is -2.27. The molecule has 0 aliphatic carbocycles. The van der Waals surface area contributed by atoms with E-state index in [0.717, 1.165) is 46.9 Å². The predicted molar refractivity (Wildman–Crippen MR) is 337 cm³/mol. The fraction of sp³-hybridized carbons (Fsp3) is 0.354. The Labute approximate surface area is 525 Å². The van der Waals surface area contributed by atoms with Gasteiger partial charge in [0.25, 0.3) is 11.1 Å². The lowest BCUT2D eigenvalue weighted by atomic mass is 9.82. The van der Waals surface area contributed by atoms with Crippen LogP contribution in [0.3, 0.4) is 0 Å². The topological polar surface area (TPSA) is 267 Å². The number of esters is 2. The van der Waals surface area contributed by atoms with Crippen LogP contribution in [0, 0.1) is 19.3 Å². The minimum Gasteiger partial charge on any atom is -0.480 e. The molecule has 0 saturated carbocycles. The summed E-state index contributed by atoms with van der Waals surface area (Å²) < 4.78 is 50.3. The molecule has 2 N–H and O–H groups in total. The maximum absolute atomic E-state index is 13.5. The Morgan fingerprint density at radius 1 is 0.775 bits per heavy atom. The number of hydrogen-bond donors (Lipinski definition) is 2. The van der Waals surface area contributed by atoms with Gasteiger partial charge in [-0.15, -0.1) is 0 Å². The number of halogens is 2. The average molecular weight is 1280 g/mol. The molecule has 0 atom stereocenters. The number of ether oxygens (including phenoxy) is 4. The van der Waals surface area contributed by atoms with E-state index in [0.29, 0.717) is 102 Å². The van der Waals surface area contributed by atoms with E-state index in [1.165, 1.54) is 47.8 Å². The van der Waals surface area contributed by atoms with Crippen molar-refractivity contribution in [2.75, 3.05) is 39.3 Å². The highest BCUT2D eigenvalue weighted by Gasteiger charge is 2.45. The van der Waals surface area contributed by atoms with E-state index in [2.05, 4.69) is 48.3 Å². The molecule has 21 nitrogen and oxygen atoms in total. The molecule has 3 aliphatic heterocycles. The van der Waals surface area contributed by atoms with Gasteiger partial charge in [-0.2, -0.15) is 0 Å². The number of carbonyl (C=O) groups excluding carboxylic acids is 3. The van der Waals surface area contributed by atoms with Crippen LogP contribution >= 0.6 is 23.2 Å². The second-order valence-corrected chi connectivity index (χ2v) is 24.7. The van der Waals surface area contributed by atoms with E-state index >= 15 is 0 Å². The number of aliphatic carboxylic acids is 1. The van der Waals surface area contributed by atoms with E-state index in [9.17, 15) is 37.2 Å². The van der Waals surface area contributed by atoms with Crippen LogP contribution < -0.4 is 20.6 Å². The second-order valence-electron chi connectivity index (χ2n) is 21.9.